The van der Waals surface area contributed by atoms with Crippen molar-refractivity contribution in [1.82, 2.24) is 4.72 Å². The molecule has 1 aromatic carbocycles. The van der Waals surface area contributed by atoms with Crippen molar-refractivity contribution < 1.29 is 17.6 Å². The van der Waals surface area contributed by atoms with Gasteiger partial charge in [0.15, 0.2) is 0 Å². The van der Waals surface area contributed by atoms with Crippen LogP contribution in [0.2, 0.25) is 0 Å². The maximum absolute atomic E-state index is 12.9. The number of benzene rings is 1. The Morgan fingerprint density at radius 2 is 2.06 bits per heavy atom. The molecule has 0 heterocycles. The monoisotopic (exact) mass is 245 g/mol. The largest absolute Gasteiger partial charge is 0.299 e. The molecule has 6 heteroatoms. The lowest BCUT2D eigenvalue weighted by atomic mass is 10.2. The van der Waals surface area contributed by atoms with E-state index in [4.69, 9.17) is 0 Å². The van der Waals surface area contributed by atoms with Crippen LogP contribution in [0.3, 0.4) is 0 Å². The number of carbonyl (C=O) groups excluding carboxylic acids is 1. The summed E-state index contributed by atoms with van der Waals surface area (Å²) in [7, 11) is -3.82. The maximum Gasteiger partial charge on any atom is 0.241 e. The molecule has 0 fully saturated rings. The van der Waals surface area contributed by atoms with E-state index in [2.05, 4.69) is 4.72 Å². The van der Waals surface area contributed by atoms with Gasteiger partial charge in [0.2, 0.25) is 10.0 Å². The van der Waals surface area contributed by atoms with Crippen molar-refractivity contribution in [2.45, 2.75) is 18.7 Å². The highest BCUT2D eigenvalue weighted by atomic mass is 32.2. The summed E-state index contributed by atoms with van der Waals surface area (Å²) in [5.41, 5.74) is 0.428. The Kier molecular flexibility index (Phi) is 3.77. The van der Waals surface area contributed by atoms with Gasteiger partial charge in [-0.2, -0.15) is 0 Å². The summed E-state index contributed by atoms with van der Waals surface area (Å²) < 4.78 is 38.4. The molecule has 0 saturated carbocycles. The lowest BCUT2D eigenvalue weighted by Crippen LogP contribution is -2.29. The molecule has 16 heavy (non-hydrogen) atoms. The molecule has 0 radical (unpaired) electrons. The molecule has 4 nitrogen and oxygen atoms in total. The molecule has 0 aliphatic rings. The van der Waals surface area contributed by atoms with Gasteiger partial charge in [-0.05, 0) is 31.5 Å². The van der Waals surface area contributed by atoms with Crippen molar-refractivity contribution in [3.8, 4) is 0 Å². The van der Waals surface area contributed by atoms with Crippen molar-refractivity contribution >= 4 is 15.8 Å². The first-order chi connectivity index (χ1) is 7.33. The summed E-state index contributed by atoms with van der Waals surface area (Å²) in [5.74, 6) is -0.938. The van der Waals surface area contributed by atoms with Gasteiger partial charge in [0.1, 0.15) is 11.6 Å². The van der Waals surface area contributed by atoms with E-state index in [-0.39, 0.29) is 17.2 Å². The summed E-state index contributed by atoms with van der Waals surface area (Å²) in [6, 6.07) is 3.48. The second-order valence-electron chi connectivity index (χ2n) is 3.44. The summed E-state index contributed by atoms with van der Waals surface area (Å²) in [6.45, 7) is 2.53. The predicted octanol–water partition coefficient (Wildman–Crippen LogP) is 1.00. The molecule has 0 atom stereocenters. The first kappa shape index (κ1) is 12.8. The van der Waals surface area contributed by atoms with Crippen LogP contribution in [0.5, 0.6) is 0 Å². The normalized spacial score (nSPS) is 11.4. The van der Waals surface area contributed by atoms with Crippen molar-refractivity contribution in [3.05, 3.63) is 29.6 Å². The molecule has 0 aliphatic heterocycles. The Bertz CT molecular complexity index is 511. The third-order valence-electron chi connectivity index (χ3n) is 1.95. The van der Waals surface area contributed by atoms with Crippen LogP contribution in [-0.4, -0.2) is 20.7 Å². The first-order valence-corrected chi connectivity index (χ1v) is 6.06. The van der Waals surface area contributed by atoms with Crippen LogP contribution >= 0.6 is 0 Å². The van der Waals surface area contributed by atoms with Crippen LogP contribution in [0.4, 0.5) is 4.39 Å². The third kappa shape index (κ3) is 3.11. The Balaban J connectivity index is 3.07. The molecule has 0 unspecified atom stereocenters. The van der Waals surface area contributed by atoms with E-state index in [0.717, 1.165) is 6.07 Å². The number of ketones is 1. The molecule has 1 rings (SSSR count). The summed E-state index contributed by atoms with van der Waals surface area (Å²) in [4.78, 5) is 10.5. The van der Waals surface area contributed by atoms with E-state index < -0.39 is 15.8 Å². The fraction of sp³-hybridized carbons (Fsp3) is 0.300. The van der Waals surface area contributed by atoms with Crippen LogP contribution in [0, 0.1) is 12.7 Å². The van der Waals surface area contributed by atoms with E-state index in [9.17, 15) is 17.6 Å². The highest BCUT2D eigenvalue weighted by Gasteiger charge is 2.17. The van der Waals surface area contributed by atoms with Gasteiger partial charge in [0.05, 0.1) is 11.4 Å². The highest BCUT2D eigenvalue weighted by Crippen LogP contribution is 2.15. The van der Waals surface area contributed by atoms with E-state index in [1.807, 2.05) is 0 Å². The van der Waals surface area contributed by atoms with E-state index in [1.54, 1.807) is 6.92 Å². The summed E-state index contributed by atoms with van der Waals surface area (Å²) >= 11 is 0. The minimum Gasteiger partial charge on any atom is -0.299 e. The number of hydrogen-bond acceptors (Lipinski definition) is 3. The quantitative estimate of drug-likeness (QED) is 0.860. The number of Topliss-reactive ketones (excluding diaryl/α,β-unsaturated/α-hetero) is 1. The molecule has 1 aromatic rings. The molecule has 1 N–H and O–H groups in total. The Morgan fingerprint density at radius 1 is 1.44 bits per heavy atom. The van der Waals surface area contributed by atoms with Crippen molar-refractivity contribution in [2.24, 2.45) is 0 Å². The molecule has 0 amide bonds. The Morgan fingerprint density at radius 3 is 2.62 bits per heavy atom. The van der Waals surface area contributed by atoms with E-state index >= 15 is 0 Å². The summed E-state index contributed by atoms with van der Waals surface area (Å²) in [6.07, 6.45) is 0. The molecular weight excluding hydrogens is 233 g/mol. The second-order valence-corrected chi connectivity index (χ2v) is 5.17. The van der Waals surface area contributed by atoms with Crippen LogP contribution in [0.15, 0.2) is 23.1 Å². The number of rotatable bonds is 4. The lowest BCUT2D eigenvalue weighted by Gasteiger charge is -2.07. The molecule has 88 valence electrons. The fourth-order valence-electron chi connectivity index (χ4n) is 1.14. The van der Waals surface area contributed by atoms with E-state index in [0.29, 0.717) is 5.56 Å². The van der Waals surface area contributed by atoms with Gasteiger partial charge in [-0.1, -0.05) is 6.07 Å². The minimum absolute atomic E-state index is 0.145. The number of sulfonamides is 1. The van der Waals surface area contributed by atoms with Crippen molar-refractivity contribution in [2.75, 3.05) is 6.54 Å². The van der Waals surface area contributed by atoms with Gasteiger partial charge in [-0.15, -0.1) is 0 Å². The molecule has 0 aromatic heterocycles. The van der Waals surface area contributed by atoms with Gasteiger partial charge in [-0.3, -0.25) is 4.79 Å². The number of halogens is 1. The topological polar surface area (TPSA) is 63.2 Å². The lowest BCUT2D eigenvalue weighted by molar-refractivity contribution is -0.115. The average Bonchev–Trinajstić information content (AvgIpc) is 2.19. The Labute approximate surface area is 93.5 Å². The van der Waals surface area contributed by atoms with Crippen LogP contribution < -0.4 is 4.72 Å². The second kappa shape index (κ2) is 4.71. The molecule has 0 bridgehead atoms. The van der Waals surface area contributed by atoms with Crippen LogP contribution in [0.1, 0.15) is 12.5 Å². The number of aryl methyl sites for hydroxylation is 1. The highest BCUT2D eigenvalue weighted by molar-refractivity contribution is 7.89. The fourth-order valence-corrected chi connectivity index (χ4v) is 2.45. The van der Waals surface area contributed by atoms with Gasteiger partial charge >= 0.3 is 0 Å². The smallest absolute Gasteiger partial charge is 0.241 e. The zero-order chi connectivity index (χ0) is 12.3. The number of carbonyl (C=O) groups is 1. The zero-order valence-electron chi connectivity index (χ0n) is 8.95. The van der Waals surface area contributed by atoms with Crippen LogP contribution in [-0.2, 0) is 14.8 Å². The SMILES string of the molecule is CC(=O)CNS(=O)(=O)c1cc(F)ccc1C. The van der Waals surface area contributed by atoms with Crippen molar-refractivity contribution in [1.29, 1.82) is 0 Å². The van der Waals surface area contributed by atoms with Gasteiger partial charge in [0.25, 0.3) is 0 Å². The van der Waals surface area contributed by atoms with Gasteiger partial charge in [-0.25, -0.2) is 17.5 Å². The standard InChI is InChI=1S/C10H12FNO3S/c1-7-3-4-9(11)5-10(7)16(14,15)12-6-8(2)13/h3-5,12H,6H2,1-2H3. The van der Waals surface area contributed by atoms with E-state index in [1.165, 1.54) is 19.1 Å². The molecule has 0 saturated heterocycles. The average molecular weight is 245 g/mol. The van der Waals surface area contributed by atoms with Crippen molar-refractivity contribution in [3.63, 3.8) is 0 Å². The summed E-state index contributed by atoms with van der Waals surface area (Å²) in [5, 5.41) is 0. The third-order valence-corrected chi connectivity index (χ3v) is 3.49. The molecule has 0 aliphatic carbocycles. The zero-order valence-corrected chi connectivity index (χ0v) is 9.77. The Hall–Kier alpha value is -1.27. The predicted molar refractivity (Wildman–Crippen MR) is 57.0 cm³/mol. The van der Waals surface area contributed by atoms with Gasteiger partial charge in [0, 0.05) is 0 Å². The number of hydrogen-bond donors (Lipinski definition) is 1. The van der Waals surface area contributed by atoms with Crippen LogP contribution in [0.25, 0.3) is 0 Å². The molecular formula is C10H12FNO3S. The number of nitrogens with one attached hydrogen (secondary N) is 1. The maximum atomic E-state index is 12.9. The minimum atomic E-state index is -3.82. The first-order valence-electron chi connectivity index (χ1n) is 4.58. The van der Waals surface area contributed by atoms with Gasteiger partial charge < -0.3 is 0 Å². The molecule has 0 spiro atoms.